The second-order valence-electron chi connectivity index (χ2n) is 9.50. The fraction of sp³-hybridized carbons (Fsp3) is 0.462. The van der Waals surface area contributed by atoms with Gasteiger partial charge in [-0.25, -0.2) is 9.67 Å². The number of aryl methyl sites for hydroxylation is 1. The second kappa shape index (κ2) is 10.0. The molecule has 2 aromatic heterocycles. The molecule has 5 rings (SSSR count). The Bertz CT molecular complexity index is 1090. The lowest BCUT2D eigenvalue weighted by Gasteiger charge is -2.36. The quantitative estimate of drug-likeness (QED) is 0.470. The molecule has 3 heterocycles. The first-order valence-corrected chi connectivity index (χ1v) is 12.1. The molecule has 1 aliphatic carbocycles. The Balaban J connectivity index is 1.08. The third-order valence-corrected chi connectivity index (χ3v) is 7.22. The fourth-order valence-electron chi connectivity index (χ4n) is 5.07. The van der Waals surface area contributed by atoms with Gasteiger partial charge in [0.25, 0.3) is 0 Å². The first-order chi connectivity index (χ1) is 16.2. The predicted octanol–water partition coefficient (Wildman–Crippen LogP) is 3.23. The fourth-order valence-corrected chi connectivity index (χ4v) is 5.07. The molecule has 33 heavy (non-hydrogen) atoms. The highest BCUT2D eigenvalue weighted by molar-refractivity contribution is 5.85. The van der Waals surface area contributed by atoms with E-state index < -0.39 is 0 Å². The van der Waals surface area contributed by atoms with Crippen molar-refractivity contribution in [3.05, 3.63) is 66.9 Å². The van der Waals surface area contributed by atoms with Gasteiger partial charge in [-0.3, -0.25) is 0 Å². The van der Waals surface area contributed by atoms with Crippen LogP contribution in [0.2, 0.25) is 0 Å². The van der Waals surface area contributed by atoms with Crippen molar-refractivity contribution in [3.63, 3.8) is 0 Å². The van der Waals surface area contributed by atoms with Gasteiger partial charge in [-0.1, -0.05) is 24.3 Å². The number of hydrogen-bond donors (Lipinski definition) is 3. The van der Waals surface area contributed by atoms with E-state index in [1.165, 1.54) is 29.3 Å². The number of aliphatic hydroxyl groups is 1. The highest BCUT2D eigenvalue weighted by Crippen LogP contribution is 2.27. The molecule has 0 amide bonds. The molecule has 0 bridgehead atoms. The monoisotopic (exact) mass is 446 g/mol. The van der Waals surface area contributed by atoms with Crippen molar-refractivity contribution < 1.29 is 5.11 Å². The zero-order valence-electron chi connectivity index (χ0n) is 19.2. The first kappa shape index (κ1) is 22.1. The van der Waals surface area contributed by atoms with Crippen molar-refractivity contribution >= 4 is 10.9 Å². The highest BCUT2D eigenvalue weighted by Gasteiger charge is 2.28. The summed E-state index contributed by atoms with van der Waals surface area (Å²) >= 11 is 0. The van der Waals surface area contributed by atoms with Gasteiger partial charge in [-0.05, 0) is 75.5 Å². The molecular weight excluding hydrogens is 412 g/mol. The Kier molecular flexibility index (Phi) is 6.71. The molecule has 3 aromatic rings. The van der Waals surface area contributed by atoms with Gasteiger partial charge in [0.05, 0.1) is 12.3 Å². The van der Waals surface area contributed by atoms with E-state index in [2.05, 4.69) is 74.0 Å². The number of allylic oxidation sites excluding steroid dienone is 3. The van der Waals surface area contributed by atoms with Crippen molar-refractivity contribution in [1.29, 1.82) is 0 Å². The molecule has 0 spiro atoms. The molecule has 3 N–H and O–H groups in total. The second-order valence-corrected chi connectivity index (χ2v) is 9.50. The lowest BCUT2D eigenvalue weighted by Crippen LogP contribution is -2.46. The van der Waals surface area contributed by atoms with Crippen molar-refractivity contribution in [1.82, 2.24) is 30.0 Å². The third-order valence-electron chi connectivity index (χ3n) is 7.22. The summed E-state index contributed by atoms with van der Waals surface area (Å²) in [5.41, 5.74) is 3.45. The largest absolute Gasteiger partial charge is 0.395 e. The predicted molar refractivity (Wildman–Crippen MR) is 131 cm³/mol. The smallest absolute Gasteiger partial charge is 0.138 e. The van der Waals surface area contributed by atoms with Crippen LogP contribution in [-0.4, -0.2) is 68.6 Å². The minimum absolute atomic E-state index is 0.126. The van der Waals surface area contributed by atoms with Crippen LogP contribution in [0, 0.1) is 5.41 Å². The van der Waals surface area contributed by atoms with E-state index in [-0.39, 0.29) is 12.0 Å². The number of likely N-dealkylation sites (tertiary alicyclic amines) is 1. The van der Waals surface area contributed by atoms with Gasteiger partial charge in [0.1, 0.15) is 12.7 Å². The third kappa shape index (κ3) is 5.11. The van der Waals surface area contributed by atoms with Crippen LogP contribution < -0.4 is 5.32 Å². The summed E-state index contributed by atoms with van der Waals surface area (Å²) in [7, 11) is 0. The Morgan fingerprint density at radius 1 is 1.21 bits per heavy atom. The van der Waals surface area contributed by atoms with Gasteiger partial charge >= 0.3 is 0 Å². The highest BCUT2D eigenvalue weighted by atomic mass is 16.3. The molecule has 1 saturated heterocycles. The summed E-state index contributed by atoms with van der Waals surface area (Å²) in [4.78, 5) is 10.1. The Labute approximate surface area is 195 Å². The maximum atomic E-state index is 9.88. The maximum Gasteiger partial charge on any atom is 0.138 e. The average Bonchev–Trinajstić information content (AvgIpc) is 3.54. The zero-order chi connectivity index (χ0) is 22.5. The molecule has 1 aromatic carbocycles. The van der Waals surface area contributed by atoms with Crippen LogP contribution in [0.4, 0.5) is 0 Å². The number of piperidine rings is 1. The Morgan fingerprint density at radius 3 is 2.88 bits per heavy atom. The SMILES string of the molecule is OC[C@@]1(CNC2CCN(CCCc3c[nH]c4ccc(-n5cncn5)cc34)CC2)C=CC=CC1. The van der Waals surface area contributed by atoms with Gasteiger partial charge < -0.3 is 20.3 Å². The van der Waals surface area contributed by atoms with E-state index in [0.29, 0.717) is 6.04 Å². The normalized spacial score (nSPS) is 21.8. The zero-order valence-corrected chi connectivity index (χ0v) is 19.2. The van der Waals surface area contributed by atoms with Crippen LogP contribution in [0.15, 0.2) is 61.4 Å². The molecule has 1 atom stereocenters. The average molecular weight is 447 g/mol. The van der Waals surface area contributed by atoms with Gasteiger partial charge in [0, 0.05) is 35.1 Å². The van der Waals surface area contributed by atoms with Crippen molar-refractivity contribution in [3.8, 4) is 5.69 Å². The van der Waals surface area contributed by atoms with E-state index >= 15 is 0 Å². The van der Waals surface area contributed by atoms with Crippen molar-refractivity contribution in [2.45, 2.75) is 38.1 Å². The van der Waals surface area contributed by atoms with E-state index in [0.717, 1.165) is 51.1 Å². The number of nitrogens with zero attached hydrogens (tertiary/aromatic N) is 4. The van der Waals surface area contributed by atoms with Crippen molar-refractivity contribution in [2.24, 2.45) is 5.41 Å². The van der Waals surface area contributed by atoms with Gasteiger partial charge in [0.2, 0.25) is 0 Å². The summed E-state index contributed by atoms with van der Waals surface area (Å²) in [6, 6.07) is 6.93. The van der Waals surface area contributed by atoms with E-state index in [1.807, 2.05) is 0 Å². The van der Waals surface area contributed by atoms with Gasteiger partial charge in [0.15, 0.2) is 0 Å². The number of aliphatic hydroxyl groups excluding tert-OH is 1. The number of fused-ring (bicyclic) bond motifs is 1. The van der Waals surface area contributed by atoms with Gasteiger partial charge in [-0.15, -0.1) is 0 Å². The number of hydrogen-bond acceptors (Lipinski definition) is 5. The summed E-state index contributed by atoms with van der Waals surface area (Å²) in [5, 5.41) is 19.1. The number of rotatable bonds is 9. The molecule has 0 unspecified atom stereocenters. The Morgan fingerprint density at radius 2 is 2.12 bits per heavy atom. The van der Waals surface area contributed by atoms with E-state index in [1.54, 1.807) is 17.3 Å². The molecule has 1 fully saturated rings. The standard InChI is InChI=1S/C26H34N6O/c33-18-26(10-2-1-3-11-26)17-29-22-8-13-31(14-9-22)12-4-5-21-16-28-25-7-6-23(15-24(21)25)32-20-27-19-30-32/h1-3,6-7,10,15-16,19-20,22,28-29,33H,4-5,8-9,11-14,17-18H2/t26-/m0/s1. The maximum absolute atomic E-state index is 9.88. The molecule has 1 aliphatic heterocycles. The summed E-state index contributed by atoms with van der Waals surface area (Å²) < 4.78 is 1.80. The van der Waals surface area contributed by atoms with Crippen LogP contribution in [0.3, 0.4) is 0 Å². The lowest BCUT2D eigenvalue weighted by molar-refractivity contribution is 0.147. The molecule has 7 nitrogen and oxygen atoms in total. The molecule has 0 radical (unpaired) electrons. The van der Waals surface area contributed by atoms with Crippen LogP contribution >= 0.6 is 0 Å². The van der Waals surface area contributed by atoms with E-state index in [4.69, 9.17) is 0 Å². The minimum atomic E-state index is -0.126. The van der Waals surface area contributed by atoms with Crippen LogP contribution in [0.5, 0.6) is 0 Å². The van der Waals surface area contributed by atoms with Crippen LogP contribution in [0.1, 0.15) is 31.2 Å². The summed E-state index contributed by atoms with van der Waals surface area (Å²) in [6.45, 7) is 4.48. The molecule has 174 valence electrons. The minimum Gasteiger partial charge on any atom is -0.395 e. The molecule has 7 heteroatoms. The van der Waals surface area contributed by atoms with Crippen molar-refractivity contribution in [2.75, 3.05) is 32.8 Å². The summed E-state index contributed by atoms with van der Waals surface area (Å²) in [5.74, 6) is 0. The molecule has 2 aliphatic rings. The lowest BCUT2D eigenvalue weighted by atomic mass is 9.82. The van der Waals surface area contributed by atoms with Crippen LogP contribution in [0.25, 0.3) is 16.6 Å². The number of benzene rings is 1. The number of nitrogens with one attached hydrogen (secondary N) is 2. The number of H-pyrrole nitrogens is 1. The van der Waals surface area contributed by atoms with Crippen LogP contribution in [-0.2, 0) is 6.42 Å². The molecular formula is C26H34N6O. The number of aromatic nitrogens is 4. The topological polar surface area (TPSA) is 82.0 Å². The number of aromatic amines is 1. The molecule has 0 saturated carbocycles. The first-order valence-electron chi connectivity index (χ1n) is 12.1. The Hall–Kier alpha value is -2.74. The van der Waals surface area contributed by atoms with E-state index in [9.17, 15) is 5.11 Å². The van der Waals surface area contributed by atoms with Gasteiger partial charge in [-0.2, -0.15) is 5.10 Å². The summed E-state index contributed by atoms with van der Waals surface area (Å²) in [6.07, 6.45) is 19.4.